The smallest absolute Gasteiger partial charge is 0.267 e. The van der Waals surface area contributed by atoms with Gasteiger partial charge in [0.15, 0.2) is 0 Å². The number of carbonyl (C=O) groups is 1. The third-order valence-corrected chi connectivity index (χ3v) is 5.48. The summed E-state index contributed by atoms with van der Waals surface area (Å²) in [6, 6.07) is 14.6. The minimum Gasteiger partial charge on any atom is -0.328 e. The monoisotopic (exact) mass is 387 g/mol. The van der Waals surface area contributed by atoms with Crippen LogP contribution < -0.4 is 5.48 Å². The Morgan fingerprint density at radius 1 is 1.24 bits per heavy atom. The molecule has 1 aliphatic rings. The van der Waals surface area contributed by atoms with E-state index in [9.17, 15) is 4.79 Å². The number of aromatic nitrogens is 2. The first-order valence-electron chi connectivity index (χ1n) is 10.1. The van der Waals surface area contributed by atoms with Crippen molar-refractivity contribution in [1.82, 2.24) is 15.0 Å². The molecule has 5 heteroatoms. The molecule has 0 atom stereocenters. The van der Waals surface area contributed by atoms with Crippen LogP contribution >= 0.6 is 0 Å². The normalized spacial score (nSPS) is 13.1. The summed E-state index contributed by atoms with van der Waals surface area (Å²) in [5.41, 5.74) is 8.80. The van der Waals surface area contributed by atoms with E-state index in [2.05, 4.69) is 41.8 Å². The van der Waals surface area contributed by atoms with Crippen molar-refractivity contribution in [3.05, 3.63) is 77.1 Å². The molecule has 1 amide bonds. The molecule has 3 aromatic rings. The SMILES string of the molecule is CCn1c(CCCC2=CCc3ccccc32)nc2cc(/C=C/C(=O)NO)ccc21. The summed E-state index contributed by atoms with van der Waals surface area (Å²) >= 11 is 0. The molecule has 148 valence electrons. The number of hydroxylamine groups is 1. The van der Waals surface area contributed by atoms with Gasteiger partial charge >= 0.3 is 0 Å². The third kappa shape index (κ3) is 4.00. The fraction of sp³-hybridized carbons (Fsp3) is 0.250. The summed E-state index contributed by atoms with van der Waals surface area (Å²) in [6.45, 7) is 3.01. The maximum atomic E-state index is 11.2. The van der Waals surface area contributed by atoms with Gasteiger partial charge in [-0.05, 0) is 66.7 Å². The fourth-order valence-electron chi connectivity index (χ4n) is 4.08. The van der Waals surface area contributed by atoms with E-state index in [1.807, 2.05) is 18.2 Å². The van der Waals surface area contributed by atoms with E-state index in [4.69, 9.17) is 10.2 Å². The van der Waals surface area contributed by atoms with Crippen LogP contribution in [0, 0.1) is 0 Å². The van der Waals surface area contributed by atoms with Crippen molar-refractivity contribution in [2.24, 2.45) is 0 Å². The van der Waals surface area contributed by atoms with Crippen LogP contribution in [0.2, 0.25) is 0 Å². The second kappa shape index (κ2) is 8.45. The maximum Gasteiger partial charge on any atom is 0.267 e. The van der Waals surface area contributed by atoms with Gasteiger partial charge in [0.05, 0.1) is 11.0 Å². The zero-order valence-electron chi connectivity index (χ0n) is 16.6. The summed E-state index contributed by atoms with van der Waals surface area (Å²) in [7, 11) is 0. The summed E-state index contributed by atoms with van der Waals surface area (Å²) < 4.78 is 2.26. The lowest BCUT2D eigenvalue weighted by Crippen LogP contribution is -2.14. The molecule has 2 N–H and O–H groups in total. The van der Waals surface area contributed by atoms with Gasteiger partial charge in [0.1, 0.15) is 5.82 Å². The molecule has 0 aliphatic heterocycles. The van der Waals surface area contributed by atoms with Gasteiger partial charge in [0.2, 0.25) is 0 Å². The summed E-state index contributed by atoms with van der Waals surface area (Å²) in [6.07, 6.45) is 9.42. The molecule has 4 rings (SSSR count). The van der Waals surface area contributed by atoms with Crippen molar-refractivity contribution in [3.8, 4) is 0 Å². The van der Waals surface area contributed by atoms with Gasteiger partial charge in [-0.15, -0.1) is 0 Å². The van der Waals surface area contributed by atoms with E-state index in [0.717, 1.165) is 54.6 Å². The molecule has 1 aliphatic carbocycles. The van der Waals surface area contributed by atoms with Crippen LogP contribution in [0.3, 0.4) is 0 Å². The van der Waals surface area contributed by atoms with Gasteiger partial charge in [0, 0.05) is 19.0 Å². The predicted molar refractivity (Wildman–Crippen MR) is 115 cm³/mol. The van der Waals surface area contributed by atoms with E-state index in [0.29, 0.717) is 0 Å². The molecule has 1 heterocycles. The molecule has 0 bridgehead atoms. The number of fused-ring (bicyclic) bond motifs is 2. The van der Waals surface area contributed by atoms with E-state index in [1.165, 1.54) is 22.8 Å². The third-order valence-electron chi connectivity index (χ3n) is 5.48. The van der Waals surface area contributed by atoms with E-state index in [1.54, 1.807) is 11.6 Å². The van der Waals surface area contributed by atoms with Crippen LogP contribution in [0.1, 0.15) is 42.3 Å². The lowest BCUT2D eigenvalue weighted by atomic mass is 10.0. The molecule has 0 radical (unpaired) electrons. The minimum absolute atomic E-state index is 0.548. The number of rotatable bonds is 7. The standard InChI is InChI=1S/C24H25N3O2/c1-2-27-22-14-10-17(11-15-24(28)26-29)16-21(22)25-23(27)9-5-7-19-13-12-18-6-3-4-8-20(18)19/h3-4,6,8,10-11,13-16,29H,2,5,7,9,12H2,1H3,(H,26,28)/b15-11+. The largest absolute Gasteiger partial charge is 0.328 e. The Kier molecular flexibility index (Phi) is 5.58. The van der Waals surface area contributed by atoms with Crippen molar-refractivity contribution in [3.63, 3.8) is 0 Å². The van der Waals surface area contributed by atoms with Gasteiger partial charge in [-0.3, -0.25) is 10.0 Å². The van der Waals surface area contributed by atoms with E-state index in [-0.39, 0.29) is 0 Å². The number of allylic oxidation sites excluding steroid dienone is 2. The topological polar surface area (TPSA) is 67.2 Å². The maximum absolute atomic E-state index is 11.2. The molecular weight excluding hydrogens is 362 g/mol. The summed E-state index contributed by atoms with van der Waals surface area (Å²) in [5, 5.41) is 8.60. The molecule has 0 saturated heterocycles. The molecule has 2 aromatic carbocycles. The predicted octanol–water partition coefficient (Wildman–Crippen LogP) is 4.54. The Labute approximate surface area is 170 Å². The average Bonchev–Trinajstić information content (AvgIpc) is 3.32. The Bertz CT molecular complexity index is 1110. The van der Waals surface area contributed by atoms with Gasteiger partial charge in [-0.1, -0.05) is 36.4 Å². The van der Waals surface area contributed by atoms with Crippen LogP contribution in [0.25, 0.3) is 22.7 Å². The van der Waals surface area contributed by atoms with Gasteiger partial charge < -0.3 is 4.57 Å². The first kappa shape index (κ1) is 19.2. The Balaban J connectivity index is 1.48. The molecule has 5 nitrogen and oxygen atoms in total. The zero-order valence-corrected chi connectivity index (χ0v) is 16.6. The highest BCUT2D eigenvalue weighted by molar-refractivity contribution is 5.91. The molecule has 0 fully saturated rings. The van der Waals surface area contributed by atoms with Crippen molar-refractivity contribution < 1.29 is 10.0 Å². The van der Waals surface area contributed by atoms with Gasteiger partial charge in [0.25, 0.3) is 5.91 Å². The van der Waals surface area contributed by atoms with Crippen molar-refractivity contribution >= 4 is 28.6 Å². The molecule has 0 saturated carbocycles. The lowest BCUT2D eigenvalue weighted by Gasteiger charge is -2.08. The van der Waals surface area contributed by atoms with E-state index < -0.39 is 5.91 Å². The van der Waals surface area contributed by atoms with Crippen molar-refractivity contribution in [2.45, 2.75) is 39.2 Å². The lowest BCUT2D eigenvalue weighted by molar-refractivity contribution is -0.124. The number of carbonyl (C=O) groups excluding carboxylic acids is 1. The average molecular weight is 387 g/mol. The number of aryl methyl sites for hydroxylation is 2. The molecular formula is C24H25N3O2. The minimum atomic E-state index is -0.548. The summed E-state index contributed by atoms with van der Waals surface area (Å²) in [4.78, 5) is 16.0. The number of nitrogens with zero attached hydrogens (tertiary/aromatic N) is 2. The highest BCUT2D eigenvalue weighted by Gasteiger charge is 2.14. The number of imidazole rings is 1. The van der Waals surface area contributed by atoms with Gasteiger partial charge in [-0.25, -0.2) is 10.5 Å². The Hall–Kier alpha value is -3.18. The second-order valence-electron chi connectivity index (χ2n) is 7.27. The summed E-state index contributed by atoms with van der Waals surface area (Å²) in [5.74, 6) is 0.552. The van der Waals surface area contributed by atoms with Crippen LogP contribution in [0.15, 0.2) is 54.6 Å². The van der Waals surface area contributed by atoms with Crippen LogP contribution in [0.5, 0.6) is 0 Å². The number of nitrogens with one attached hydrogen (secondary N) is 1. The molecule has 0 spiro atoms. The molecule has 29 heavy (non-hydrogen) atoms. The molecule has 0 unspecified atom stereocenters. The van der Waals surface area contributed by atoms with Gasteiger partial charge in [-0.2, -0.15) is 0 Å². The highest BCUT2D eigenvalue weighted by Crippen LogP contribution is 2.31. The van der Waals surface area contributed by atoms with Crippen molar-refractivity contribution in [1.29, 1.82) is 0 Å². The fourth-order valence-corrected chi connectivity index (χ4v) is 4.08. The number of hydrogen-bond acceptors (Lipinski definition) is 3. The highest BCUT2D eigenvalue weighted by atomic mass is 16.5. The quantitative estimate of drug-likeness (QED) is 0.355. The van der Waals surface area contributed by atoms with Crippen LogP contribution in [-0.2, 0) is 24.2 Å². The Morgan fingerprint density at radius 3 is 2.93 bits per heavy atom. The first-order chi connectivity index (χ1) is 14.2. The van der Waals surface area contributed by atoms with Crippen LogP contribution in [-0.4, -0.2) is 20.7 Å². The van der Waals surface area contributed by atoms with E-state index >= 15 is 0 Å². The second-order valence-corrected chi connectivity index (χ2v) is 7.27. The molecule has 1 aromatic heterocycles. The van der Waals surface area contributed by atoms with Crippen molar-refractivity contribution in [2.75, 3.05) is 0 Å². The Morgan fingerprint density at radius 2 is 2.10 bits per heavy atom. The number of hydrogen-bond donors (Lipinski definition) is 2. The first-order valence-corrected chi connectivity index (χ1v) is 10.1. The number of amides is 1. The zero-order chi connectivity index (χ0) is 20.2. The number of benzene rings is 2. The van der Waals surface area contributed by atoms with Crippen LogP contribution in [0.4, 0.5) is 0 Å².